The average molecular weight is 317 g/mol. The first kappa shape index (κ1) is 14.6. The van der Waals surface area contributed by atoms with Gasteiger partial charge in [0.25, 0.3) is 0 Å². The Morgan fingerprint density at radius 1 is 1.04 bits per heavy atom. The van der Waals surface area contributed by atoms with Crippen molar-refractivity contribution in [2.75, 3.05) is 18.0 Å². The van der Waals surface area contributed by atoms with E-state index in [9.17, 15) is 5.11 Å². The normalized spacial score (nSPS) is 14.8. The molecule has 4 rings (SSSR count). The van der Waals surface area contributed by atoms with Gasteiger partial charge in [-0.2, -0.15) is 0 Å². The Morgan fingerprint density at radius 3 is 2.67 bits per heavy atom. The molecular formula is C20H19N3O. The van der Waals surface area contributed by atoms with Gasteiger partial charge in [0.05, 0.1) is 11.3 Å². The van der Waals surface area contributed by atoms with Crippen LogP contribution in [0.25, 0.3) is 10.9 Å². The third-order valence-corrected chi connectivity index (χ3v) is 4.34. The molecule has 1 aliphatic rings. The quantitative estimate of drug-likeness (QED) is 0.556. The fraction of sp³-hybridized carbons (Fsp3) is 0.150. The number of benzene rings is 2. The summed E-state index contributed by atoms with van der Waals surface area (Å²) in [6, 6.07) is 16.0. The lowest BCUT2D eigenvalue weighted by Crippen LogP contribution is -2.26. The van der Waals surface area contributed by atoms with Gasteiger partial charge in [0.2, 0.25) is 0 Å². The van der Waals surface area contributed by atoms with Crippen molar-refractivity contribution in [3.8, 4) is 5.88 Å². The van der Waals surface area contributed by atoms with Crippen LogP contribution in [-0.2, 0) is 0 Å². The molecule has 0 fully saturated rings. The van der Waals surface area contributed by atoms with Gasteiger partial charge < -0.3 is 15.0 Å². The van der Waals surface area contributed by atoms with Gasteiger partial charge in [-0.3, -0.25) is 4.99 Å². The fourth-order valence-electron chi connectivity index (χ4n) is 3.04. The van der Waals surface area contributed by atoms with E-state index in [0.717, 1.165) is 41.7 Å². The molecule has 0 spiro atoms. The standard InChI is InChI=1S/C20H19N3O/c24-20-18(17-6-2-3-7-19(17)22-20)14-21-15-8-10-16(11-9-15)23-12-4-1-5-13-23/h1-4,6-11,14,22,24H,5,12-13H2. The number of H-pyrrole nitrogens is 1. The number of rotatable bonds is 3. The lowest BCUT2D eigenvalue weighted by Gasteiger charge is -2.25. The largest absolute Gasteiger partial charge is 0.494 e. The minimum atomic E-state index is 0.150. The van der Waals surface area contributed by atoms with E-state index < -0.39 is 0 Å². The van der Waals surface area contributed by atoms with Gasteiger partial charge in [0.1, 0.15) is 0 Å². The fourth-order valence-corrected chi connectivity index (χ4v) is 3.04. The lowest BCUT2D eigenvalue weighted by molar-refractivity contribution is 0.457. The van der Waals surface area contributed by atoms with Gasteiger partial charge in [0.15, 0.2) is 5.88 Å². The molecule has 0 radical (unpaired) electrons. The first-order valence-corrected chi connectivity index (χ1v) is 8.15. The number of hydrogen-bond donors (Lipinski definition) is 2. The van der Waals surface area contributed by atoms with Crippen molar-refractivity contribution in [3.05, 3.63) is 66.2 Å². The molecule has 24 heavy (non-hydrogen) atoms. The van der Waals surface area contributed by atoms with Crippen LogP contribution in [0.4, 0.5) is 11.4 Å². The zero-order valence-electron chi connectivity index (χ0n) is 13.3. The van der Waals surface area contributed by atoms with E-state index in [0.29, 0.717) is 0 Å². The van der Waals surface area contributed by atoms with E-state index in [4.69, 9.17) is 0 Å². The Hall–Kier alpha value is -3.01. The summed E-state index contributed by atoms with van der Waals surface area (Å²) in [5.74, 6) is 0.150. The second-order valence-electron chi connectivity index (χ2n) is 5.91. The molecule has 0 amide bonds. The average Bonchev–Trinajstić information content (AvgIpc) is 2.96. The molecule has 2 heterocycles. The van der Waals surface area contributed by atoms with Crippen LogP contribution in [-0.4, -0.2) is 29.4 Å². The topological polar surface area (TPSA) is 51.6 Å². The molecule has 1 aromatic heterocycles. The molecular weight excluding hydrogens is 298 g/mol. The SMILES string of the molecule is Oc1[nH]c2ccccc2c1C=Nc1ccc(N2CC=CCC2)cc1. The summed E-state index contributed by atoms with van der Waals surface area (Å²) in [4.78, 5) is 9.82. The number of anilines is 1. The van der Waals surface area contributed by atoms with E-state index in [1.54, 1.807) is 6.21 Å². The Morgan fingerprint density at radius 2 is 1.88 bits per heavy atom. The third-order valence-electron chi connectivity index (χ3n) is 4.34. The van der Waals surface area contributed by atoms with E-state index in [1.165, 1.54) is 5.69 Å². The minimum absolute atomic E-state index is 0.150. The van der Waals surface area contributed by atoms with Crippen LogP contribution in [0.3, 0.4) is 0 Å². The predicted octanol–water partition coefficient (Wildman–Crippen LogP) is 4.39. The molecule has 0 bridgehead atoms. The van der Waals surface area contributed by atoms with Gasteiger partial charge in [-0.05, 0) is 36.8 Å². The molecule has 2 aromatic carbocycles. The van der Waals surface area contributed by atoms with Crippen LogP contribution >= 0.6 is 0 Å². The monoisotopic (exact) mass is 317 g/mol. The lowest BCUT2D eigenvalue weighted by atomic mass is 10.2. The maximum atomic E-state index is 10.1. The summed E-state index contributed by atoms with van der Waals surface area (Å²) in [7, 11) is 0. The molecule has 0 saturated carbocycles. The zero-order chi connectivity index (χ0) is 16.4. The van der Waals surface area contributed by atoms with Gasteiger partial charge >= 0.3 is 0 Å². The summed E-state index contributed by atoms with van der Waals surface area (Å²) < 4.78 is 0. The summed E-state index contributed by atoms with van der Waals surface area (Å²) in [6.45, 7) is 2.02. The minimum Gasteiger partial charge on any atom is -0.494 e. The van der Waals surface area contributed by atoms with Crippen molar-refractivity contribution in [3.63, 3.8) is 0 Å². The molecule has 0 unspecified atom stereocenters. The molecule has 0 atom stereocenters. The predicted molar refractivity (Wildman–Crippen MR) is 99.6 cm³/mol. The number of aliphatic imine (C=N–C) groups is 1. The third kappa shape index (κ3) is 2.78. The maximum absolute atomic E-state index is 10.1. The molecule has 0 saturated heterocycles. The zero-order valence-corrected chi connectivity index (χ0v) is 13.3. The first-order valence-electron chi connectivity index (χ1n) is 8.15. The van der Waals surface area contributed by atoms with E-state index >= 15 is 0 Å². The number of fused-ring (bicyclic) bond motifs is 1. The second kappa shape index (κ2) is 6.24. The molecule has 4 heteroatoms. The number of para-hydroxylation sites is 1. The van der Waals surface area contributed by atoms with Crippen molar-refractivity contribution in [1.29, 1.82) is 0 Å². The highest BCUT2D eigenvalue weighted by Gasteiger charge is 2.08. The van der Waals surface area contributed by atoms with Crippen molar-refractivity contribution in [2.45, 2.75) is 6.42 Å². The summed E-state index contributed by atoms with van der Waals surface area (Å²) in [6.07, 6.45) is 7.24. The summed E-state index contributed by atoms with van der Waals surface area (Å²) in [5.41, 5.74) is 3.71. The van der Waals surface area contributed by atoms with Crippen LogP contribution in [0, 0.1) is 0 Å². The Kier molecular flexibility index (Phi) is 3.79. The van der Waals surface area contributed by atoms with Gasteiger partial charge in [-0.1, -0.05) is 30.4 Å². The van der Waals surface area contributed by atoms with E-state index in [2.05, 4.69) is 39.2 Å². The highest BCUT2D eigenvalue weighted by atomic mass is 16.3. The first-order chi connectivity index (χ1) is 11.8. The van der Waals surface area contributed by atoms with Crippen molar-refractivity contribution < 1.29 is 5.11 Å². The maximum Gasteiger partial charge on any atom is 0.198 e. The van der Waals surface area contributed by atoms with E-state index in [-0.39, 0.29) is 5.88 Å². The number of aromatic amines is 1. The number of aromatic hydroxyl groups is 1. The van der Waals surface area contributed by atoms with E-state index in [1.807, 2.05) is 36.4 Å². The van der Waals surface area contributed by atoms with Gasteiger partial charge in [-0.25, -0.2) is 0 Å². The van der Waals surface area contributed by atoms with Crippen molar-refractivity contribution in [1.82, 2.24) is 4.98 Å². The number of nitrogens with one attached hydrogen (secondary N) is 1. The van der Waals surface area contributed by atoms with Crippen LogP contribution < -0.4 is 4.90 Å². The van der Waals surface area contributed by atoms with Crippen LogP contribution in [0.5, 0.6) is 5.88 Å². The van der Waals surface area contributed by atoms with Crippen LogP contribution in [0.1, 0.15) is 12.0 Å². The summed E-state index contributed by atoms with van der Waals surface area (Å²) >= 11 is 0. The number of aromatic nitrogens is 1. The highest BCUT2D eigenvalue weighted by molar-refractivity contribution is 6.02. The van der Waals surface area contributed by atoms with Gasteiger partial charge in [0, 0.05) is 35.9 Å². The highest BCUT2D eigenvalue weighted by Crippen LogP contribution is 2.26. The number of nitrogens with zero attached hydrogens (tertiary/aromatic N) is 2. The molecule has 4 nitrogen and oxygen atoms in total. The van der Waals surface area contributed by atoms with Crippen LogP contribution in [0.15, 0.2) is 65.7 Å². The second-order valence-corrected chi connectivity index (χ2v) is 5.91. The molecule has 120 valence electrons. The molecule has 2 N–H and O–H groups in total. The molecule has 3 aromatic rings. The Bertz CT molecular complexity index is 906. The van der Waals surface area contributed by atoms with Crippen molar-refractivity contribution in [2.24, 2.45) is 4.99 Å². The molecule has 0 aliphatic carbocycles. The Balaban J connectivity index is 1.57. The molecule has 1 aliphatic heterocycles. The van der Waals surface area contributed by atoms with Crippen LogP contribution in [0.2, 0.25) is 0 Å². The Labute approximate surface area is 140 Å². The summed E-state index contributed by atoms with van der Waals surface area (Å²) in [5, 5.41) is 11.0. The number of hydrogen-bond acceptors (Lipinski definition) is 3. The smallest absolute Gasteiger partial charge is 0.198 e. The van der Waals surface area contributed by atoms with Crippen molar-refractivity contribution >= 4 is 28.5 Å². The van der Waals surface area contributed by atoms with Gasteiger partial charge in [-0.15, -0.1) is 0 Å².